The number of likely N-dealkylation sites (tertiary alicyclic amines) is 1. The van der Waals surface area contributed by atoms with Gasteiger partial charge in [-0.3, -0.25) is 0 Å². The first kappa shape index (κ1) is 21.8. The van der Waals surface area contributed by atoms with Crippen molar-refractivity contribution in [2.75, 3.05) is 26.2 Å². The lowest BCUT2D eigenvalue weighted by Gasteiger charge is -2.39. The lowest BCUT2D eigenvalue weighted by Crippen LogP contribution is -2.50. The van der Waals surface area contributed by atoms with Gasteiger partial charge < -0.3 is 20.1 Å². The fraction of sp³-hybridized carbons (Fsp3) is 0.579. The Balaban J connectivity index is 0.00000131. The van der Waals surface area contributed by atoms with Gasteiger partial charge in [0.1, 0.15) is 5.82 Å². The van der Waals surface area contributed by atoms with E-state index < -0.39 is 0 Å². The minimum atomic E-state index is 0. The third-order valence-electron chi connectivity index (χ3n) is 5.73. The summed E-state index contributed by atoms with van der Waals surface area (Å²) in [5.41, 5.74) is 2.41. The molecule has 27 heavy (non-hydrogen) atoms. The molecule has 2 N–H and O–H groups in total. The van der Waals surface area contributed by atoms with Crippen molar-refractivity contribution in [3.05, 3.63) is 30.1 Å². The maximum absolute atomic E-state index is 12.7. The van der Waals surface area contributed by atoms with Crippen LogP contribution in [0.2, 0.25) is 0 Å². The standard InChI is InChI=1S/C19H27N5O.2ClH/c1-2-24-16-7-4-3-6-15(16)22-17(24)12-21-18(25)23-11-5-8-19(14-23)9-10-20-13-19;;/h3-4,6-7,20H,2,5,8-14H2,1H3,(H,21,25);2*1H. The van der Waals surface area contributed by atoms with Crippen molar-refractivity contribution >= 4 is 41.9 Å². The van der Waals surface area contributed by atoms with E-state index in [-0.39, 0.29) is 30.8 Å². The topological polar surface area (TPSA) is 62.2 Å². The summed E-state index contributed by atoms with van der Waals surface area (Å²) in [5.74, 6) is 0.923. The average Bonchev–Trinajstić information content (AvgIpc) is 3.23. The number of hydrogen-bond donors (Lipinski definition) is 2. The van der Waals surface area contributed by atoms with Crippen LogP contribution in [0, 0.1) is 5.41 Å². The molecule has 1 spiro atoms. The van der Waals surface area contributed by atoms with Gasteiger partial charge >= 0.3 is 6.03 Å². The van der Waals surface area contributed by atoms with E-state index in [4.69, 9.17) is 4.98 Å². The van der Waals surface area contributed by atoms with Crippen LogP contribution in [0.25, 0.3) is 11.0 Å². The van der Waals surface area contributed by atoms with E-state index in [2.05, 4.69) is 28.2 Å². The number of aryl methyl sites for hydroxylation is 1. The summed E-state index contributed by atoms with van der Waals surface area (Å²) in [6.45, 7) is 7.29. The molecule has 1 unspecified atom stereocenters. The van der Waals surface area contributed by atoms with E-state index >= 15 is 0 Å². The van der Waals surface area contributed by atoms with Crippen molar-refractivity contribution in [2.45, 2.75) is 39.3 Å². The fourth-order valence-corrected chi connectivity index (χ4v) is 4.40. The number of carbonyl (C=O) groups is 1. The first-order chi connectivity index (χ1) is 12.2. The average molecular weight is 414 g/mol. The molecule has 6 nitrogen and oxygen atoms in total. The number of nitrogens with one attached hydrogen (secondary N) is 2. The van der Waals surface area contributed by atoms with Gasteiger partial charge in [-0.25, -0.2) is 9.78 Å². The van der Waals surface area contributed by atoms with Crippen molar-refractivity contribution in [1.29, 1.82) is 0 Å². The summed E-state index contributed by atoms with van der Waals surface area (Å²) in [5, 5.41) is 6.55. The molecule has 2 aromatic rings. The zero-order valence-electron chi connectivity index (χ0n) is 15.7. The fourth-order valence-electron chi connectivity index (χ4n) is 4.40. The van der Waals surface area contributed by atoms with Gasteiger partial charge in [-0.15, -0.1) is 24.8 Å². The van der Waals surface area contributed by atoms with Gasteiger partial charge in [0.25, 0.3) is 0 Å². The molecular formula is C19H29Cl2N5O. The Labute approximate surface area is 172 Å². The zero-order valence-corrected chi connectivity index (χ0v) is 17.4. The minimum absolute atomic E-state index is 0. The van der Waals surface area contributed by atoms with E-state index in [1.165, 1.54) is 12.8 Å². The number of hydrogen-bond acceptors (Lipinski definition) is 3. The molecule has 3 heterocycles. The molecule has 1 aromatic carbocycles. The summed E-state index contributed by atoms with van der Waals surface area (Å²) in [6.07, 6.45) is 3.51. The number of aromatic nitrogens is 2. The van der Waals surface area contributed by atoms with Crippen LogP contribution >= 0.6 is 24.8 Å². The maximum Gasteiger partial charge on any atom is 0.317 e. The molecule has 2 saturated heterocycles. The molecule has 2 amide bonds. The van der Waals surface area contributed by atoms with Crippen LogP contribution in [0.1, 0.15) is 32.0 Å². The van der Waals surface area contributed by atoms with E-state index in [0.717, 1.165) is 56.0 Å². The number of benzene rings is 1. The highest BCUT2D eigenvalue weighted by atomic mass is 35.5. The molecule has 0 radical (unpaired) electrons. The van der Waals surface area contributed by atoms with Gasteiger partial charge in [0.2, 0.25) is 0 Å². The normalized spacial score (nSPS) is 21.7. The van der Waals surface area contributed by atoms with Crippen LogP contribution in [-0.4, -0.2) is 46.7 Å². The lowest BCUT2D eigenvalue weighted by molar-refractivity contribution is 0.117. The molecule has 2 aliphatic heterocycles. The van der Waals surface area contributed by atoms with Crippen molar-refractivity contribution in [1.82, 2.24) is 25.1 Å². The first-order valence-electron chi connectivity index (χ1n) is 9.38. The quantitative estimate of drug-likeness (QED) is 0.811. The molecule has 1 atom stereocenters. The Morgan fingerprint density at radius 3 is 2.85 bits per heavy atom. The molecular weight excluding hydrogens is 385 g/mol. The maximum atomic E-state index is 12.7. The highest BCUT2D eigenvalue weighted by Gasteiger charge is 2.39. The summed E-state index contributed by atoms with van der Waals surface area (Å²) in [7, 11) is 0. The van der Waals surface area contributed by atoms with Gasteiger partial charge in [0.05, 0.1) is 17.6 Å². The van der Waals surface area contributed by atoms with Gasteiger partial charge in [-0.2, -0.15) is 0 Å². The van der Waals surface area contributed by atoms with Crippen LogP contribution in [0.5, 0.6) is 0 Å². The number of fused-ring (bicyclic) bond motifs is 1. The molecule has 0 bridgehead atoms. The van der Waals surface area contributed by atoms with E-state index in [1.807, 2.05) is 23.1 Å². The summed E-state index contributed by atoms with van der Waals surface area (Å²) >= 11 is 0. The van der Waals surface area contributed by atoms with Crippen LogP contribution in [0.3, 0.4) is 0 Å². The molecule has 0 saturated carbocycles. The Morgan fingerprint density at radius 2 is 2.11 bits per heavy atom. The number of rotatable bonds is 3. The number of piperidine rings is 1. The Morgan fingerprint density at radius 1 is 1.30 bits per heavy atom. The Bertz CT molecular complexity index is 773. The summed E-state index contributed by atoms with van der Waals surface area (Å²) < 4.78 is 2.17. The minimum Gasteiger partial charge on any atom is -0.331 e. The van der Waals surface area contributed by atoms with Crippen molar-refractivity contribution in [2.24, 2.45) is 5.41 Å². The first-order valence-corrected chi connectivity index (χ1v) is 9.38. The molecule has 150 valence electrons. The predicted octanol–water partition coefficient (Wildman–Crippen LogP) is 3.18. The van der Waals surface area contributed by atoms with Crippen molar-refractivity contribution in [3.8, 4) is 0 Å². The molecule has 4 rings (SSSR count). The van der Waals surface area contributed by atoms with Crippen molar-refractivity contribution < 1.29 is 4.79 Å². The van der Waals surface area contributed by atoms with E-state index in [9.17, 15) is 4.79 Å². The molecule has 1 aromatic heterocycles. The predicted molar refractivity (Wildman–Crippen MR) is 113 cm³/mol. The lowest BCUT2D eigenvalue weighted by atomic mass is 9.79. The highest BCUT2D eigenvalue weighted by molar-refractivity contribution is 5.85. The largest absolute Gasteiger partial charge is 0.331 e. The summed E-state index contributed by atoms with van der Waals surface area (Å²) in [4.78, 5) is 19.4. The molecule has 2 fully saturated rings. The number of carbonyl (C=O) groups excluding carboxylic acids is 1. The van der Waals surface area contributed by atoms with Crippen LogP contribution in [0.4, 0.5) is 4.79 Å². The smallest absolute Gasteiger partial charge is 0.317 e. The van der Waals surface area contributed by atoms with Crippen LogP contribution in [0.15, 0.2) is 24.3 Å². The number of nitrogens with zero attached hydrogens (tertiary/aromatic N) is 3. The van der Waals surface area contributed by atoms with Gasteiger partial charge in [-0.1, -0.05) is 12.1 Å². The molecule has 8 heteroatoms. The second-order valence-electron chi connectivity index (χ2n) is 7.37. The Kier molecular flexibility index (Phi) is 7.37. The number of para-hydroxylation sites is 2. The second kappa shape index (κ2) is 9.13. The number of amides is 2. The van der Waals surface area contributed by atoms with Gasteiger partial charge in [0, 0.05) is 31.6 Å². The third-order valence-corrected chi connectivity index (χ3v) is 5.73. The second-order valence-corrected chi connectivity index (χ2v) is 7.37. The zero-order chi connectivity index (χ0) is 17.3. The monoisotopic (exact) mass is 413 g/mol. The highest BCUT2D eigenvalue weighted by Crippen LogP contribution is 2.35. The molecule has 2 aliphatic rings. The third kappa shape index (κ3) is 4.33. The summed E-state index contributed by atoms with van der Waals surface area (Å²) in [6, 6.07) is 8.18. The van der Waals surface area contributed by atoms with E-state index in [0.29, 0.717) is 12.0 Å². The van der Waals surface area contributed by atoms with Crippen molar-refractivity contribution in [3.63, 3.8) is 0 Å². The molecule has 0 aliphatic carbocycles. The SMILES string of the molecule is CCn1c(CNC(=O)N2CCCC3(CCNC3)C2)nc2ccccc21.Cl.Cl. The van der Waals surface area contributed by atoms with Crippen LogP contribution in [-0.2, 0) is 13.1 Å². The number of urea groups is 1. The number of halogens is 2. The number of imidazole rings is 1. The van der Waals surface area contributed by atoms with Crippen LogP contribution < -0.4 is 10.6 Å². The van der Waals surface area contributed by atoms with Gasteiger partial charge in [0.15, 0.2) is 0 Å². The van der Waals surface area contributed by atoms with E-state index in [1.54, 1.807) is 0 Å². The van der Waals surface area contributed by atoms with Gasteiger partial charge in [-0.05, 0) is 44.9 Å². The Hall–Kier alpha value is -1.50.